The molecule has 3 rings (SSSR count). The zero-order valence-electron chi connectivity index (χ0n) is 17.7. The third-order valence-electron chi connectivity index (χ3n) is 5.46. The number of aromatic nitrogens is 3. The van der Waals surface area contributed by atoms with Gasteiger partial charge in [-0.2, -0.15) is 18.3 Å². The normalized spacial score (nSPS) is 17.0. The molecule has 0 unspecified atom stereocenters. The fraction of sp³-hybridized carbons (Fsp3) is 0.524. The smallest absolute Gasteiger partial charge is 0.417 e. The molecule has 1 amide bonds. The number of halogens is 3. The lowest BCUT2D eigenvalue weighted by Gasteiger charge is -2.31. The lowest BCUT2D eigenvalue weighted by atomic mass is 9.97. The standard InChI is InChI=1S/C21H25F3N4O3/c1-4-31-20(30)15-6-5-9-27(12-15)19(29)10-17-13(2)26-28(14(17)3)18-8-7-16(11-25-18)21(22,23)24/h7-8,11,15H,4-6,9-10,12H2,1-3H3/t15-/m0/s1. The Morgan fingerprint density at radius 2 is 2.00 bits per heavy atom. The molecular formula is C21H25F3N4O3. The SMILES string of the molecule is CCOC(=O)[C@H]1CCCN(C(=O)Cc2c(C)nn(-c3ccc(C(F)(F)F)cn3)c2C)C1. The highest BCUT2D eigenvalue weighted by molar-refractivity contribution is 5.81. The fourth-order valence-corrected chi connectivity index (χ4v) is 3.75. The maximum Gasteiger partial charge on any atom is 0.417 e. The quantitative estimate of drug-likeness (QED) is 0.670. The topological polar surface area (TPSA) is 77.3 Å². The Hall–Kier alpha value is -2.91. The number of alkyl halides is 3. The molecule has 0 radical (unpaired) electrons. The zero-order valence-corrected chi connectivity index (χ0v) is 17.7. The molecule has 2 aromatic heterocycles. The van der Waals surface area contributed by atoms with Gasteiger partial charge in [0.15, 0.2) is 5.82 Å². The summed E-state index contributed by atoms with van der Waals surface area (Å²) >= 11 is 0. The third kappa shape index (κ3) is 5.05. The number of esters is 1. The number of carbonyl (C=O) groups excluding carboxylic acids is 2. The molecule has 31 heavy (non-hydrogen) atoms. The maximum absolute atomic E-state index is 12.9. The number of aryl methyl sites for hydroxylation is 1. The first-order valence-corrected chi connectivity index (χ1v) is 10.1. The van der Waals surface area contributed by atoms with Gasteiger partial charge >= 0.3 is 12.1 Å². The molecule has 0 spiro atoms. The van der Waals surface area contributed by atoms with E-state index in [4.69, 9.17) is 4.74 Å². The van der Waals surface area contributed by atoms with Crippen LogP contribution in [0.5, 0.6) is 0 Å². The van der Waals surface area contributed by atoms with Crippen molar-refractivity contribution in [1.29, 1.82) is 0 Å². The van der Waals surface area contributed by atoms with Crippen molar-refractivity contribution in [1.82, 2.24) is 19.7 Å². The highest BCUT2D eigenvalue weighted by Gasteiger charge is 2.32. The first-order valence-electron chi connectivity index (χ1n) is 10.1. The van der Waals surface area contributed by atoms with E-state index < -0.39 is 11.7 Å². The summed E-state index contributed by atoms with van der Waals surface area (Å²) in [6, 6.07) is 2.20. The average molecular weight is 438 g/mol. The van der Waals surface area contributed by atoms with Gasteiger partial charge in [0.2, 0.25) is 5.91 Å². The van der Waals surface area contributed by atoms with Crippen molar-refractivity contribution < 1.29 is 27.5 Å². The van der Waals surface area contributed by atoms with Crippen molar-refractivity contribution in [3.8, 4) is 5.82 Å². The number of pyridine rings is 1. The number of hydrogen-bond donors (Lipinski definition) is 0. The van der Waals surface area contributed by atoms with Crippen molar-refractivity contribution in [2.24, 2.45) is 5.92 Å². The Bertz CT molecular complexity index is 954. The van der Waals surface area contributed by atoms with Gasteiger partial charge in [0.1, 0.15) is 0 Å². The molecule has 1 aliphatic heterocycles. The van der Waals surface area contributed by atoms with E-state index in [9.17, 15) is 22.8 Å². The number of ether oxygens (including phenoxy) is 1. The number of nitrogens with zero attached hydrogens (tertiary/aromatic N) is 4. The molecule has 10 heteroatoms. The molecule has 1 saturated heterocycles. The van der Waals surface area contributed by atoms with Crippen LogP contribution >= 0.6 is 0 Å². The molecular weight excluding hydrogens is 413 g/mol. The van der Waals surface area contributed by atoms with Crippen molar-refractivity contribution in [3.05, 3.63) is 40.8 Å². The summed E-state index contributed by atoms with van der Waals surface area (Å²) in [5.74, 6) is -0.486. The van der Waals surface area contributed by atoms with Crippen LogP contribution in [0.3, 0.4) is 0 Å². The van der Waals surface area contributed by atoms with Gasteiger partial charge in [-0.25, -0.2) is 9.67 Å². The Kier molecular flexibility index (Phi) is 6.66. The number of likely N-dealkylation sites (tertiary alicyclic amines) is 1. The summed E-state index contributed by atoms with van der Waals surface area (Å²) in [7, 11) is 0. The summed E-state index contributed by atoms with van der Waals surface area (Å²) in [6.07, 6.45) is -2.19. The molecule has 0 N–H and O–H groups in total. The largest absolute Gasteiger partial charge is 0.466 e. The van der Waals surface area contributed by atoms with E-state index in [0.717, 1.165) is 18.7 Å². The van der Waals surface area contributed by atoms with Gasteiger partial charge in [-0.3, -0.25) is 9.59 Å². The number of piperidine rings is 1. The predicted molar refractivity (Wildman–Crippen MR) is 105 cm³/mol. The molecule has 0 aliphatic carbocycles. The number of rotatable bonds is 5. The van der Waals surface area contributed by atoms with Crippen LogP contribution in [0.15, 0.2) is 18.3 Å². The minimum absolute atomic E-state index is 0.0911. The van der Waals surface area contributed by atoms with E-state index in [1.807, 2.05) is 0 Å². The zero-order chi connectivity index (χ0) is 22.8. The predicted octanol–water partition coefficient (Wildman–Crippen LogP) is 3.25. The van der Waals surface area contributed by atoms with E-state index in [2.05, 4.69) is 10.1 Å². The van der Waals surface area contributed by atoms with Crippen LogP contribution in [0.1, 0.15) is 42.3 Å². The van der Waals surface area contributed by atoms with Crippen LogP contribution < -0.4 is 0 Å². The van der Waals surface area contributed by atoms with E-state index in [-0.39, 0.29) is 30.0 Å². The van der Waals surface area contributed by atoms with Crippen LogP contribution in [0.25, 0.3) is 5.82 Å². The molecule has 7 nitrogen and oxygen atoms in total. The van der Waals surface area contributed by atoms with E-state index in [1.165, 1.54) is 10.7 Å². The van der Waals surface area contributed by atoms with Crippen LogP contribution in [0.4, 0.5) is 13.2 Å². The van der Waals surface area contributed by atoms with E-state index in [0.29, 0.717) is 43.1 Å². The highest BCUT2D eigenvalue weighted by Crippen LogP contribution is 2.29. The molecule has 0 bridgehead atoms. The molecule has 1 aliphatic rings. The van der Waals surface area contributed by atoms with Gasteiger partial charge in [-0.15, -0.1) is 0 Å². The second-order valence-corrected chi connectivity index (χ2v) is 7.57. The second kappa shape index (κ2) is 9.07. The minimum Gasteiger partial charge on any atom is -0.466 e. The Balaban J connectivity index is 1.75. The van der Waals surface area contributed by atoms with Crippen molar-refractivity contribution >= 4 is 11.9 Å². The van der Waals surface area contributed by atoms with Gasteiger partial charge in [0, 0.05) is 30.5 Å². The van der Waals surface area contributed by atoms with E-state index >= 15 is 0 Å². The molecule has 2 aromatic rings. The van der Waals surface area contributed by atoms with Crippen LogP contribution in [0.2, 0.25) is 0 Å². The van der Waals surface area contributed by atoms with Crippen molar-refractivity contribution in [2.75, 3.05) is 19.7 Å². The second-order valence-electron chi connectivity index (χ2n) is 7.57. The van der Waals surface area contributed by atoms with Gasteiger partial charge in [-0.05, 0) is 45.7 Å². The number of hydrogen-bond acceptors (Lipinski definition) is 5. The molecule has 0 saturated carbocycles. The average Bonchev–Trinajstić information content (AvgIpc) is 3.01. The lowest BCUT2D eigenvalue weighted by Crippen LogP contribution is -2.43. The molecule has 1 fully saturated rings. The maximum atomic E-state index is 12.9. The fourth-order valence-electron chi connectivity index (χ4n) is 3.75. The Labute approximate surface area is 178 Å². The molecule has 0 aromatic carbocycles. The van der Waals surface area contributed by atoms with Gasteiger partial charge < -0.3 is 9.64 Å². The summed E-state index contributed by atoms with van der Waals surface area (Å²) < 4.78 is 44.9. The summed E-state index contributed by atoms with van der Waals surface area (Å²) in [5.41, 5.74) is 1.10. The summed E-state index contributed by atoms with van der Waals surface area (Å²) in [4.78, 5) is 30.5. The highest BCUT2D eigenvalue weighted by atomic mass is 19.4. The summed E-state index contributed by atoms with van der Waals surface area (Å²) in [5, 5.41) is 4.37. The van der Waals surface area contributed by atoms with Gasteiger partial charge in [0.25, 0.3) is 0 Å². The van der Waals surface area contributed by atoms with Crippen LogP contribution in [0, 0.1) is 19.8 Å². The lowest BCUT2D eigenvalue weighted by molar-refractivity contribution is -0.151. The van der Waals surface area contributed by atoms with Gasteiger partial charge in [0.05, 0.1) is 30.2 Å². The minimum atomic E-state index is -4.46. The summed E-state index contributed by atoms with van der Waals surface area (Å²) in [6.45, 7) is 6.44. The third-order valence-corrected chi connectivity index (χ3v) is 5.46. The van der Waals surface area contributed by atoms with Crippen molar-refractivity contribution in [2.45, 2.75) is 46.2 Å². The number of carbonyl (C=O) groups is 2. The number of amides is 1. The monoisotopic (exact) mass is 438 g/mol. The molecule has 1 atom stereocenters. The Morgan fingerprint density at radius 3 is 2.61 bits per heavy atom. The molecule has 3 heterocycles. The van der Waals surface area contributed by atoms with Gasteiger partial charge in [-0.1, -0.05) is 0 Å². The van der Waals surface area contributed by atoms with Crippen molar-refractivity contribution in [3.63, 3.8) is 0 Å². The Morgan fingerprint density at radius 1 is 1.26 bits per heavy atom. The van der Waals surface area contributed by atoms with E-state index in [1.54, 1.807) is 25.7 Å². The van der Waals surface area contributed by atoms with Crippen LogP contribution in [-0.2, 0) is 26.9 Å². The molecule has 168 valence electrons. The van der Waals surface area contributed by atoms with Crippen LogP contribution in [-0.4, -0.2) is 51.2 Å². The first kappa shape index (κ1) is 22.8. The first-order chi connectivity index (χ1) is 14.6.